The Hall–Kier alpha value is -1.89. The second-order valence-corrected chi connectivity index (χ2v) is 5.90. The molecule has 1 unspecified atom stereocenters. The monoisotopic (exact) mass is 250 g/mol. The molecule has 0 bridgehead atoms. The molecule has 3 rings (SSSR count). The molecule has 0 spiro atoms. The lowest BCUT2D eigenvalue weighted by Gasteiger charge is -2.22. The summed E-state index contributed by atoms with van der Waals surface area (Å²) in [6.07, 6.45) is 1.01. The summed E-state index contributed by atoms with van der Waals surface area (Å²) in [5.74, 6) is -0.0372. The summed E-state index contributed by atoms with van der Waals surface area (Å²) < 4.78 is 0. The molecule has 1 atom stereocenters. The zero-order valence-electron chi connectivity index (χ0n) is 11.6. The van der Waals surface area contributed by atoms with Crippen molar-refractivity contribution < 1.29 is 4.79 Å². The van der Waals surface area contributed by atoms with Crippen LogP contribution in [0.5, 0.6) is 0 Å². The zero-order valence-corrected chi connectivity index (χ0v) is 11.6. The van der Waals surface area contributed by atoms with Gasteiger partial charge in [0.1, 0.15) is 6.29 Å². The van der Waals surface area contributed by atoms with E-state index >= 15 is 0 Å². The van der Waals surface area contributed by atoms with E-state index in [1.165, 1.54) is 22.3 Å². The van der Waals surface area contributed by atoms with Gasteiger partial charge in [-0.15, -0.1) is 0 Å². The van der Waals surface area contributed by atoms with Crippen LogP contribution in [0, 0.1) is 0 Å². The highest BCUT2D eigenvalue weighted by atomic mass is 16.1. The number of fused-ring (bicyclic) bond motifs is 3. The molecule has 0 aliphatic heterocycles. The number of hydrogen-bond donors (Lipinski definition) is 0. The summed E-state index contributed by atoms with van der Waals surface area (Å²) in [7, 11) is 0. The minimum Gasteiger partial charge on any atom is -0.303 e. The predicted molar refractivity (Wildman–Crippen MR) is 78.5 cm³/mol. The maximum atomic E-state index is 11.0. The van der Waals surface area contributed by atoms with Crippen molar-refractivity contribution in [3.8, 4) is 11.1 Å². The molecule has 0 aromatic heterocycles. The van der Waals surface area contributed by atoms with Crippen molar-refractivity contribution in [2.75, 3.05) is 0 Å². The van der Waals surface area contributed by atoms with Gasteiger partial charge in [0.05, 0.1) is 0 Å². The van der Waals surface area contributed by atoms with Crippen LogP contribution in [0.4, 0.5) is 0 Å². The Kier molecular flexibility index (Phi) is 2.60. The maximum absolute atomic E-state index is 11.0. The first-order valence-electron chi connectivity index (χ1n) is 6.75. The molecule has 0 saturated heterocycles. The number of benzene rings is 2. The average molecular weight is 250 g/mol. The first-order valence-corrected chi connectivity index (χ1v) is 6.75. The standard InChI is InChI=1S/C18H18O/c1-12(11-19)13-8-9-15-14-6-4-5-7-16(14)18(2,3)17(15)10-13/h4-12H,1-3H3. The summed E-state index contributed by atoms with van der Waals surface area (Å²) in [6, 6.07) is 15.0. The van der Waals surface area contributed by atoms with Gasteiger partial charge in [-0.1, -0.05) is 63.2 Å². The lowest BCUT2D eigenvalue weighted by atomic mass is 9.81. The summed E-state index contributed by atoms with van der Waals surface area (Å²) in [6.45, 7) is 6.46. The summed E-state index contributed by atoms with van der Waals surface area (Å²) in [5.41, 5.74) is 6.47. The van der Waals surface area contributed by atoms with Crippen molar-refractivity contribution in [1.82, 2.24) is 0 Å². The fraction of sp³-hybridized carbons (Fsp3) is 0.278. The van der Waals surface area contributed by atoms with E-state index in [9.17, 15) is 4.79 Å². The van der Waals surface area contributed by atoms with Crippen LogP contribution in [0.1, 0.15) is 43.4 Å². The van der Waals surface area contributed by atoms with E-state index in [1.54, 1.807) is 0 Å². The predicted octanol–water partition coefficient (Wildman–Crippen LogP) is 4.30. The summed E-state index contributed by atoms with van der Waals surface area (Å²) in [4.78, 5) is 11.0. The molecule has 2 aromatic rings. The van der Waals surface area contributed by atoms with Crippen LogP contribution in [-0.2, 0) is 10.2 Å². The third kappa shape index (κ3) is 1.65. The van der Waals surface area contributed by atoms with Gasteiger partial charge in [0, 0.05) is 11.3 Å². The highest BCUT2D eigenvalue weighted by Crippen LogP contribution is 2.48. The van der Waals surface area contributed by atoms with Gasteiger partial charge in [-0.2, -0.15) is 0 Å². The van der Waals surface area contributed by atoms with Gasteiger partial charge < -0.3 is 4.79 Å². The molecule has 0 amide bonds. The van der Waals surface area contributed by atoms with Crippen LogP contribution in [-0.4, -0.2) is 6.29 Å². The largest absolute Gasteiger partial charge is 0.303 e. The van der Waals surface area contributed by atoms with Crippen molar-refractivity contribution in [3.63, 3.8) is 0 Å². The number of carbonyl (C=O) groups excluding carboxylic acids is 1. The van der Waals surface area contributed by atoms with E-state index in [0.717, 1.165) is 11.8 Å². The number of carbonyl (C=O) groups is 1. The van der Waals surface area contributed by atoms with Crippen molar-refractivity contribution in [2.24, 2.45) is 0 Å². The second-order valence-electron chi connectivity index (χ2n) is 5.90. The van der Waals surface area contributed by atoms with Gasteiger partial charge in [-0.05, 0) is 27.8 Å². The molecule has 1 nitrogen and oxygen atoms in total. The smallest absolute Gasteiger partial charge is 0.127 e. The molecule has 1 heteroatoms. The fourth-order valence-corrected chi connectivity index (χ4v) is 3.08. The van der Waals surface area contributed by atoms with Gasteiger partial charge in [-0.3, -0.25) is 0 Å². The minimum absolute atomic E-state index is 0.0184. The minimum atomic E-state index is -0.0372. The average Bonchev–Trinajstić information content (AvgIpc) is 2.67. The Morgan fingerprint density at radius 3 is 2.42 bits per heavy atom. The lowest BCUT2D eigenvalue weighted by molar-refractivity contribution is -0.108. The van der Waals surface area contributed by atoms with Crippen molar-refractivity contribution >= 4 is 6.29 Å². The van der Waals surface area contributed by atoms with Crippen LogP contribution < -0.4 is 0 Å². The number of rotatable bonds is 2. The van der Waals surface area contributed by atoms with Crippen LogP contribution in [0.15, 0.2) is 42.5 Å². The van der Waals surface area contributed by atoms with E-state index in [2.05, 4.69) is 56.3 Å². The lowest BCUT2D eigenvalue weighted by Crippen LogP contribution is -2.15. The molecule has 0 N–H and O–H groups in total. The molecule has 1 aliphatic carbocycles. The van der Waals surface area contributed by atoms with Crippen molar-refractivity contribution in [1.29, 1.82) is 0 Å². The zero-order chi connectivity index (χ0) is 13.6. The SMILES string of the molecule is CC(C=O)c1ccc2c(c1)C(C)(C)c1ccccc1-2. The van der Waals surface area contributed by atoms with E-state index in [4.69, 9.17) is 0 Å². The van der Waals surface area contributed by atoms with Gasteiger partial charge in [0.15, 0.2) is 0 Å². The molecule has 19 heavy (non-hydrogen) atoms. The molecular weight excluding hydrogens is 232 g/mol. The molecule has 2 aromatic carbocycles. The summed E-state index contributed by atoms with van der Waals surface area (Å²) >= 11 is 0. The fourth-order valence-electron chi connectivity index (χ4n) is 3.08. The molecule has 96 valence electrons. The van der Waals surface area contributed by atoms with Crippen molar-refractivity contribution in [2.45, 2.75) is 32.1 Å². The first kappa shape index (κ1) is 12.2. The Morgan fingerprint density at radius 1 is 1.00 bits per heavy atom. The van der Waals surface area contributed by atoms with E-state index < -0.39 is 0 Å². The van der Waals surface area contributed by atoms with Gasteiger partial charge in [0.25, 0.3) is 0 Å². The highest BCUT2D eigenvalue weighted by molar-refractivity contribution is 5.81. The topological polar surface area (TPSA) is 17.1 Å². The van der Waals surface area contributed by atoms with Crippen LogP contribution >= 0.6 is 0 Å². The van der Waals surface area contributed by atoms with Gasteiger partial charge >= 0.3 is 0 Å². The molecule has 1 aliphatic rings. The van der Waals surface area contributed by atoms with Gasteiger partial charge in [-0.25, -0.2) is 0 Å². The second kappa shape index (κ2) is 4.06. The van der Waals surface area contributed by atoms with Crippen LogP contribution in [0.2, 0.25) is 0 Å². The Balaban J connectivity index is 2.24. The quantitative estimate of drug-likeness (QED) is 0.726. The molecule has 0 saturated carbocycles. The molecule has 0 fully saturated rings. The van der Waals surface area contributed by atoms with E-state index in [0.29, 0.717) is 0 Å². The van der Waals surface area contributed by atoms with E-state index in [-0.39, 0.29) is 11.3 Å². The molecule has 0 radical (unpaired) electrons. The number of aldehydes is 1. The normalized spacial score (nSPS) is 16.6. The van der Waals surface area contributed by atoms with Gasteiger partial charge in [0.2, 0.25) is 0 Å². The Bertz CT molecular complexity index is 652. The first-order chi connectivity index (χ1) is 9.05. The van der Waals surface area contributed by atoms with Crippen LogP contribution in [0.3, 0.4) is 0 Å². The maximum Gasteiger partial charge on any atom is 0.127 e. The van der Waals surface area contributed by atoms with Crippen LogP contribution in [0.25, 0.3) is 11.1 Å². The molecule has 0 heterocycles. The Morgan fingerprint density at radius 2 is 1.68 bits per heavy atom. The van der Waals surface area contributed by atoms with E-state index in [1.807, 2.05) is 6.92 Å². The third-order valence-electron chi connectivity index (χ3n) is 4.34. The van der Waals surface area contributed by atoms with Crippen molar-refractivity contribution in [3.05, 3.63) is 59.2 Å². The Labute approximate surface area is 114 Å². The highest BCUT2D eigenvalue weighted by Gasteiger charge is 2.35. The molecular formula is C18H18O. The third-order valence-corrected chi connectivity index (χ3v) is 4.34. The number of hydrogen-bond acceptors (Lipinski definition) is 1. The summed E-state index contributed by atoms with van der Waals surface area (Å²) in [5, 5.41) is 0.